The maximum absolute atomic E-state index is 11.9. The number of aryl methyl sites for hydroxylation is 2. The Kier molecular flexibility index (Phi) is 6.68. The van der Waals surface area contributed by atoms with E-state index < -0.39 is 17.6 Å². The predicted molar refractivity (Wildman–Crippen MR) is 107 cm³/mol. The predicted octanol–water partition coefficient (Wildman–Crippen LogP) is 2.14. The van der Waals surface area contributed by atoms with Gasteiger partial charge < -0.3 is 9.15 Å². The number of aromatic nitrogens is 2. The molecule has 2 amide bonds. The van der Waals surface area contributed by atoms with Gasteiger partial charge in [0, 0.05) is 11.4 Å². The molecule has 0 fully saturated rings. The van der Waals surface area contributed by atoms with Crippen molar-refractivity contribution in [3.8, 4) is 16.5 Å². The van der Waals surface area contributed by atoms with Crippen LogP contribution in [-0.4, -0.2) is 28.2 Å². The van der Waals surface area contributed by atoms with E-state index in [-0.39, 0.29) is 25.5 Å². The number of carbonyl (C=O) groups excluding carboxylic acids is 2. The Bertz CT molecular complexity index is 1060. The molecule has 0 unspecified atom stereocenters. The molecule has 29 heavy (non-hydrogen) atoms. The molecular formula is C18H17ClN4O5S. The normalized spacial score (nSPS) is 10.6. The molecule has 2 heterocycles. The second-order valence-electron chi connectivity index (χ2n) is 5.92. The molecule has 9 nitrogen and oxygen atoms in total. The lowest BCUT2D eigenvalue weighted by atomic mass is 10.2. The quantitative estimate of drug-likeness (QED) is 0.548. The van der Waals surface area contributed by atoms with Crippen LogP contribution in [0, 0.1) is 6.92 Å². The number of ether oxygens (including phenoxy) is 1. The van der Waals surface area contributed by atoms with Crippen LogP contribution in [0.3, 0.4) is 0 Å². The number of amides is 2. The number of carbonyl (C=O) groups is 2. The summed E-state index contributed by atoms with van der Waals surface area (Å²) in [5.74, 6) is -0.997. The van der Waals surface area contributed by atoms with Crippen molar-refractivity contribution in [1.82, 2.24) is 20.6 Å². The van der Waals surface area contributed by atoms with E-state index in [2.05, 4.69) is 16.0 Å². The van der Waals surface area contributed by atoms with Gasteiger partial charge in [0.25, 0.3) is 11.8 Å². The molecule has 0 radical (unpaired) electrons. The first-order valence-electron chi connectivity index (χ1n) is 8.51. The number of hydrogen-bond donors (Lipinski definition) is 2. The van der Waals surface area contributed by atoms with Gasteiger partial charge in [-0.2, -0.15) is 4.68 Å². The molecule has 0 bridgehead atoms. The van der Waals surface area contributed by atoms with E-state index in [1.54, 1.807) is 24.3 Å². The second kappa shape index (κ2) is 9.39. The minimum Gasteiger partial charge on any atom is -0.484 e. The van der Waals surface area contributed by atoms with Crippen molar-refractivity contribution in [2.75, 3.05) is 6.61 Å². The van der Waals surface area contributed by atoms with Gasteiger partial charge in [0.15, 0.2) is 6.61 Å². The number of hydrazine groups is 1. The van der Waals surface area contributed by atoms with Gasteiger partial charge in [0.1, 0.15) is 5.75 Å². The van der Waals surface area contributed by atoms with Crippen LogP contribution in [0.15, 0.2) is 44.9 Å². The third kappa shape index (κ3) is 5.69. The molecule has 2 N–H and O–H groups in total. The van der Waals surface area contributed by atoms with Crippen molar-refractivity contribution < 1.29 is 18.7 Å². The standard InChI is InChI=1S/C18H17ClN4O5S/c1-11-9-12(4-5-13(11)19)27-10-16(25)21-20-15(24)6-7-23-18(26)28-17(22-23)14-3-2-8-29-14/h2-5,8-9H,6-7,10H2,1H3,(H,20,24)(H,21,25). The number of nitrogens with one attached hydrogen (secondary N) is 2. The van der Waals surface area contributed by atoms with Gasteiger partial charge in [0.05, 0.1) is 11.4 Å². The third-order valence-electron chi connectivity index (χ3n) is 3.73. The Labute approximate surface area is 174 Å². The highest BCUT2D eigenvalue weighted by Gasteiger charge is 2.13. The largest absolute Gasteiger partial charge is 0.484 e. The van der Waals surface area contributed by atoms with Crippen molar-refractivity contribution in [3.05, 3.63) is 56.8 Å². The van der Waals surface area contributed by atoms with Gasteiger partial charge >= 0.3 is 5.76 Å². The lowest BCUT2D eigenvalue weighted by Gasteiger charge is -2.09. The molecule has 11 heteroatoms. The zero-order chi connectivity index (χ0) is 20.8. The third-order valence-corrected chi connectivity index (χ3v) is 5.01. The lowest BCUT2D eigenvalue weighted by molar-refractivity contribution is -0.130. The molecule has 0 aliphatic heterocycles. The van der Waals surface area contributed by atoms with Crippen LogP contribution in [0.4, 0.5) is 0 Å². The zero-order valence-corrected chi connectivity index (χ0v) is 16.9. The molecule has 0 saturated carbocycles. The van der Waals surface area contributed by atoms with Crippen molar-refractivity contribution in [2.45, 2.75) is 19.9 Å². The van der Waals surface area contributed by atoms with E-state index in [1.165, 1.54) is 11.3 Å². The van der Waals surface area contributed by atoms with Gasteiger partial charge in [-0.15, -0.1) is 16.4 Å². The fourth-order valence-corrected chi connectivity index (χ4v) is 3.01. The summed E-state index contributed by atoms with van der Waals surface area (Å²) in [5.41, 5.74) is 5.31. The highest BCUT2D eigenvalue weighted by atomic mass is 35.5. The SMILES string of the molecule is Cc1cc(OCC(=O)NNC(=O)CCn2nc(-c3cccs3)oc2=O)ccc1Cl. The molecule has 2 aromatic heterocycles. The summed E-state index contributed by atoms with van der Waals surface area (Å²) in [4.78, 5) is 36.2. The van der Waals surface area contributed by atoms with E-state index in [1.807, 2.05) is 18.4 Å². The number of halogens is 1. The number of benzene rings is 1. The van der Waals surface area contributed by atoms with Crippen LogP contribution < -0.4 is 21.3 Å². The summed E-state index contributed by atoms with van der Waals surface area (Å²) < 4.78 is 11.4. The van der Waals surface area contributed by atoms with Crippen molar-refractivity contribution >= 4 is 34.8 Å². The molecule has 152 valence electrons. The van der Waals surface area contributed by atoms with Gasteiger partial charge in [-0.05, 0) is 42.1 Å². The molecule has 0 atom stereocenters. The molecule has 3 rings (SSSR count). The summed E-state index contributed by atoms with van der Waals surface area (Å²) in [7, 11) is 0. The second-order valence-corrected chi connectivity index (χ2v) is 7.27. The fourth-order valence-electron chi connectivity index (χ4n) is 2.25. The van der Waals surface area contributed by atoms with Gasteiger partial charge in [-0.1, -0.05) is 17.7 Å². The molecule has 0 saturated heterocycles. The molecule has 0 aliphatic rings. The highest BCUT2D eigenvalue weighted by molar-refractivity contribution is 7.13. The number of thiophene rings is 1. The van der Waals surface area contributed by atoms with Crippen LogP contribution in [0.1, 0.15) is 12.0 Å². The first-order valence-corrected chi connectivity index (χ1v) is 9.76. The first kappa shape index (κ1) is 20.6. The maximum atomic E-state index is 11.9. The summed E-state index contributed by atoms with van der Waals surface area (Å²) in [6, 6.07) is 8.60. The van der Waals surface area contributed by atoms with E-state index >= 15 is 0 Å². The zero-order valence-electron chi connectivity index (χ0n) is 15.3. The topological polar surface area (TPSA) is 115 Å². The van der Waals surface area contributed by atoms with Gasteiger partial charge in [-0.25, -0.2) is 4.79 Å². The minimum absolute atomic E-state index is 0.00988. The Morgan fingerprint density at radius 2 is 2.07 bits per heavy atom. The number of hydrogen-bond acceptors (Lipinski definition) is 7. The van der Waals surface area contributed by atoms with Crippen LogP contribution in [0.2, 0.25) is 5.02 Å². The number of nitrogens with zero attached hydrogens (tertiary/aromatic N) is 2. The van der Waals surface area contributed by atoms with Crippen molar-refractivity contribution in [3.63, 3.8) is 0 Å². The minimum atomic E-state index is -0.656. The Morgan fingerprint density at radius 1 is 1.28 bits per heavy atom. The summed E-state index contributed by atoms with van der Waals surface area (Å²) in [6.45, 7) is 1.54. The Hall–Kier alpha value is -3.11. The van der Waals surface area contributed by atoms with E-state index in [9.17, 15) is 14.4 Å². The average Bonchev–Trinajstić information content (AvgIpc) is 3.35. The first-order chi connectivity index (χ1) is 13.9. The summed E-state index contributed by atoms with van der Waals surface area (Å²) >= 11 is 7.31. The molecule has 3 aromatic rings. The van der Waals surface area contributed by atoms with Crippen LogP contribution in [-0.2, 0) is 16.1 Å². The fraction of sp³-hybridized carbons (Fsp3) is 0.222. The van der Waals surface area contributed by atoms with E-state index in [0.717, 1.165) is 10.2 Å². The van der Waals surface area contributed by atoms with Crippen LogP contribution >= 0.6 is 22.9 Å². The van der Waals surface area contributed by atoms with Crippen LogP contribution in [0.25, 0.3) is 10.8 Å². The Morgan fingerprint density at radius 3 is 2.79 bits per heavy atom. The summed E-state index contributed by atoms with van der Waals surface area (Å²) in [6.07, 6.45) is -0.0756. The van der Waals surface area contributed by atoms with Crippen molar-refractivity contribution in [1.29, 1.82) is 0 Å². The maximum Gasteiger partial charge on any atom is 0.437 e. The highest BCUT2D eigenvalue weighted by Crippen LogP contribution is 2.21. The van der Waals surface area contributed by atoms with E-state index in [0.29, 0.717) is 15.6 Å². The molecule has 0 aliphatic carbocycles. The van der Waals surface area contributed by atoms with E-state index in [4.69, 9.17) is 20.8 Å². The van der Waals surface area contributed by atoms with Gasteiger partial charge in [-0.3, -0.25) is 20.4 Å². The monoisotopic (exact) mass is 436 g/mol. The molecular weight excluding hydrogens is 420 g/mol. The lowest BCUT2D eigenvalue weighted by Crippen LogP contribution is -2.44. The smallest absolute Gasteiger partial charge is 0.437 e. The molecule has 1 aromatic carbocycles. The number of rotatable bonds is 7. The molecule has 0 spiro atoms. The summed E-state index contributed by atoms with van der Waals surface area (Å²) in [5, 5.41) is 6.48. The Balaban J connectivity index is 1.41. The average molecular weight is 437 g/mol. The van der Waals surface area contributed by atoms with Crippen molar-refractivity contribution in [2.24, 2.45) is 0 Å². The van der Waals surface area contributed by atoms with Gasteiger partial charge in [0.2, 0.25) is 5.91 Å². The van der Waals surface area contributed by atoms with Crippen LogP contribution in [0.5, 0.6) is 5.75 Å².